The van der Waals surface area contributed by atoms with Gasteiger partial charge >= 0.3 is 11.9 Å². The van der Waals surface area contributed by atoms with Gasteiger partial charge in [-0.05, 0) is 36.2 Å². The molecule has 1 aromatic carbocycles. The number of esters is 2. The van der Waals surface area contributed by atoms with Crippen LogP contribution in [-0.4, -0.2) is 45.6 Å². The second kappa shape index (κ2) is 7.92. The van der Waals surface area contributed by atoms with Crippen molar-refractivity contribution in [2.75, 3.05) is 27.9 Å². The number of hydrogen-bond acceptors (Lipinski definition) is 7. The third kappa shape index (κ3) is 3.73. The molecule has 2 unspecified atom stereocenters. The summed E-state index contributed by atoms with van der Waals surface area (Å²) in [7, 11) is 4.00. The van der Waals surface area contributed by atoms with Gasteiger partial charge in [-0.1, -0.05) is 6.07 Å². The van der Waals surface area contributed by atoms with Crippen molar-refractivity contribution in [3.63, 3.8) is 0 Å². The molecule has 0 fully saturated rings. The minimum Gasteiger partial charge on any atom is -0.497 e. The van der Waals surface area contributed by atoms with Crippen LogP contribution in [-0.2, 0) is 30.3 Å². The van der Waals surface area contributed by atoms with E-state index in [-0.39, 0.29) is 0 Å². The number of nitrogens with one attached hydrogen (secondary N) is 1. The van der Waals surface area contributed by atoms with E-state index in [4.69, 9.17) is 9.47 Å². The fourth-order valence-electron chi connectivity index (χ4n) is 2.90. The zero-order valence-corrected chi connectivity index (χ0v) is 14.0. The lowest BCUT2D eigenvalue weighted by Crippen LogP contribution is -2.42. The van der Waals surface area contributed by atoms with Crippen LogP contribution in [0.4, 0.5) is 0 Å². The van der Waals surface area contributed by atoms with Crippen molar-refractivity contribution in [2.24, 2.45) is 5.92 Å². The first-order valence-electron chi connectivity index (χ1n) is 7.59. The SMILES string of the molecule is COC(=O)CC(=O)C(C(=O)OC)C1NCCc2cc(OC)ccc21. The molecule has 1 N–H and O–H groups in total. The quantitative estimate of drug-likeness (QED) is 0.607. The van der Waals surface area contributed by atoms with E-state index in [1.807, 2.05) is 12.1 Å². The molecule has 0 saturated carbocycles. The summed E-state index contributed by atoms with van der Waals surface area (Å²) in [5.41, 5.74) is 1.83. The van der Waals surface area contributed by atoms with E-state index in [0.29, 0.717) is 12.3 Å². The summed E-state index contributed by atoms with van der Waals surface area (Å²) < 4.78 is 14.5. The van der Waals surface area contributed by atoms with Crippen molar-refractivity contribution in [3.05, 3.63) is 29.3 Å². The maximum atomic E-state index is 12.5. The third-order valence-corrected chi connectivity index (χ3v) is 4.13. The number of carbonyl (C=O) groups is 3. The number of hydrogen-bond donors (Lipinski definition) is 1. The van der Waals surface area contributed by atoms with Gasteiger partial charge in [-0.25, -0.2) is 0 Å². The fraction of sp³-hybridized carbons (Fsp3) is 0.471. The topological polar surface area (TPSA) is 90.9 Å². The summed E-state index contributed by atoms with van der Waals surface area (Å²) in [6.45, 7) is 0.601. The zero-order valence-electron chi connectivity index (χ0n) is 14.0. The first kappa shape index (κ1) is 17.9. The number of carbonyl (C=O) groups excluding carboxylic acids is 3. The predicted octanol–water partition coefficient (Wildman–Crippen LogP) is 0.803. The lowest BCUT2D eigenvalue weighted by molar-refractivity contribution is -0.152. The molecule has 1 aliphatic heterocycles. The molecular weight excluding hydrogens is 314 g/mol. The van der Waals surface area contributed by atoms with Crippen LogP contribution in [0.3, 0.4) is 0 Å². The Morgan fingerprint density at radius 3 is 2.58 bits per heavy atom. The first-order chi connectivity index (χ1) is 11.5. The molecule has 24 heavy (non-hydrogen) atoms. The number of fused-ring (bicyclic) bond motifs is 1. The molecule has 1 heterocycles. The molecule has 0 amide bonds. The molecule has 7 heteroatoms. The fourth-order valence-corrected chi connectivity index (χ4v) is 2.90. The highest BCUT2D eigenvalue weighted by molar-refractivity contribution is 6.06. The van der Waals surface area contributed by atoms with E-state index >= 15 is 0 Å². The Labute approximate surface area is 140 Å². The van der Waals surface area contributed by atoms with Gasteiger partial charge in [0.2, 0.25) is 0 Å². The van der Waals surface area contributed by atoms with Gasteiger partial charge in [0.05, 0.1) is 27.4 Å². The number of Topliss-reactive ketones (excluding diaryl/α,β-unsaturated/α-hetero) is 1. The Balaban J connectivity index is 2.36. The van der Waals surface area contributed by atoms with E-state index in [1.54, 1.807) is 13.2 Å². The summed E-state index contributed by atoms with van der Waals surface area (Å²) in [5.74, 6) is -2.29. The molecule has 0 saturated heterocycles. The van der Waals surface area contributed by atoms with Crippen LogP contribution >= 0.6 is 0 Å². The molecule has 130 valence electrons. The van der Waals surface area contributed by atoms with E-state index in [9.17, 15) is 14.4 Å². The molecule has 2 atom stereocenters. The third-order valence-electron chi connectivity index (χ3n) is 4.13. The number of methoxy groups -OCH3 is 3. The number of rotatable bonds is 6. The molecular formula is C17H21NO6. The summed E-state index contributed by atoms with van der Waals surface area (Å²) in [4.78, 5) is 36.1. The van der Waals surface area contributed by atoms with E-state index in [0.717, 1.165) is 17.5 Å². The minimum absolute atomic E-state index is 0.472. The Bertz CT molecular complexity index is 642. The van der Waals surface area contributed by atoms with Gasteiger partial charge in [-0.3, -0.25) is 14.4 Å². The van der Waals surface area contributed by atoms with Crippen molar-refractivity contribution < 1.29 is 28.6 Å². The molecule has 0 aromatic heterocycles. The van der Waals surface area contributed by atoms with Crippen LogP contribution < -0.4 is 10.1 Å². The highest BCUT2D eigenvalue weighted by atomic mass is 16.5. The van der Waals surface area contributed by atoms with Gasteiger partial charge in [0, 0.05) is 0 Å². The van der Waals surface area contributed by atoms with Crippen molar-refractivity contribution in [1.29, 1.82) is 0 Å². The minimum atomic E-state index is -1.11. The highest BCUT2D eigenvalue weighted by Crippen LogP contribution is 2.33. The summed E-state index contributed by atoms with van der Waals surface area (Å²) in [5, 5.41) is 3.19. The summed E-state index contributed by atoms with van der Waals surface area (Å²) in [6.07, 6.45) is 0.280. The highest BCUT2D eigenvalue weighted by Gasteiger charge is 2.39. The average molecular weight is 335 g/mol. The molecule has 1 aliphatic rings. The van der Waals surface area contributed by atoms with Crippen LogP contribution in [0.1, 0.15) is 23.6 Å². The van der Waals surface area contributed by atoms with Crippen molar-refractivity contribution in [2.45, 2.75) is 18.9 Å². The second-order valence-electron chi connectivity index (χ2n) is 5.47. The Morgan fingerprint density at radius 2 is 1.96 bits per heavy atom. The van der Waals surface area contributed by atoms with Crippen molar-refractivity contribution in [3.8, 4) is 5.75 Å². The van der Waals surface area contributed by atoms with Gasteiger partial charge in [-0.2, -0.15) is 0 Å². The Kier molecular flexibility index (Phi) is 5.92. The Morgan fingerprint density at radius 1 is 1.21 bits per heavy atom. The largest absolute Gasteiger partial charge is 0.497 e. The zero-order chi connectivity index (χ0) is 17.7. The molecule has 0 spiro atoms. The van der Waals surface area contributed by atoms with E-state index in [1.165, 1.54) is 14.2 Å². The van der Waals surface area contributed by atoms with Crippen molar-refractivity contribution >= 4 is 17.7 Å². The monoisotopic (exact) mass is 335 g/mol. The van der Waals surface area contributed by atoms with Gasteiger partial charge < -0.3 is 19.5 Å². The summed E-state index contributed by atoms with van der Waals surface area (Å²) in [6, 6.07) is 4.94. The lowest BCUT2D eigenvalue weighted by atomic mass is 9.83. The molecule has 0 bridgehead atoms. The van der Waals surface area contributed by atoms with Gasteiger partial charge in [0.1, 0.15) is 18.1 Å². The van der Waals surface area contributed by atoms with Gasteiger partial charge in [-0.15, -0.1) is 0 Å². The van der Waals surface area contributed by atoms with E-state index in [2.05, 4.69) is 10.1 Å². The summed E-state index contributed by atoms with van der Waals surface area (Å²) >= 11 is 0. The first-order valence-corrected chi connectivity index (χ1v) is 7.59. The predicted molar refractivity (Wildman–Crippen MR) is 84.6 cm³/mol. The Hall–Kier alpha value is -2.41. The van der Waals surface area contributed by atoms with Crippen LogP contribution in [0.5, 0.6) is 5.75 Å². The maximum absolute atomic E-state index is 12.5. The standard InChI is InChI=1S/C17H21NO6/c1-22-11-4-5-12-10(8-11)6-7-18-16(12)15(17(21)24-3)13(19)9-14(20)23-2/h4-5,8,15-16,18H,6-7,9H2,1-3H3. The van der Waals surface area contributed by atoms with Gasteiger partial charge in [0.15, 0.2) is 5.78 Å². The van der Waals surface area contributed by atoms with Crippen LogP contribution in [0.15, 0.2) is 18.2 Å². The molecule has 0 aliphatic carbocycles. The van der Waals surface area contributed by atoms with Crippen LogP contribution in [0.25, 0.3) is 0 Å². The molecule has 1 aromatic rings. The van der Waals surface area contributed by atoms with Crippen LogP contribution in [0, 0.1) is 5.92 Å². The smallest absolute Gasteiger partial charge is 0.318 e. The van der Waals surface area contributed by atoms with Gasteiger partial charge in [0.25, 0.3) is 0 Å². The number of ketones is 1. The molecule has 7 nitrogen and oxygen atoms in total. The lowest BCUT2D eigenvalue weighted by Gasteiger charge is -2.31. The van der Waals surface area contributed by atoms with E-state index < -0.39 is 36.1 Å². The molecule has 0 radical (unpaired) electrons. The van der Waals surface area contributed by atoms with Crippen LogP contribution in [0.2, 0.25) is 0 Å². The number of benzene rings is 1. The number of ether oxygens (including phenoxy) is 3. The average Bonchev–Trinajstić information content (AvgIpc) is 2.61. The maximum Gasteiger partial charge on any atom is 0.318 e. The normalized spacial score (nSPS) is 17.4. The van der Waals surface area contributed by atoms with Crippen molar-refractivity contribution in [1.82, 2.24) is 5.32 Å². The second-order valence-corrected chi connectivity index (χ2v) is 5.47. The molecule has 2 rings (SSSR count).